The predicted molar refractivity (Wildman–Crippen MR) is 37.7 cm³/mol. The van der Waals surface area contributed by atoms with E-state index in [1.54, 1.807) is 13.0 Å². The topological polar surface area (TPSA) is 41.6 Å². The van der Waals surface area contributed by atoms with Crippen LogP contribution < -0.4 is 0 Å². The van der Waals surface area contributed by atoms with Crippen molar-refractivity contribution in [2.75, 3.05) is 0 Å². The van der Waals surface area contributed by atoms with Gasteiger partial charge in [0, 0.05) is 11.8 Å². The van der Waals surface area contributed by atoms with Gasteiger partial charge in [-0.15, -0.1) is 0 Å². The van der Waals surface area contributed by atoms with Crippen molar-refractivity contribution in [2.45, 2.75) is 19.6 Å². The SMILES string of the molecule is Cc1cn(CC(F)(F)F)nc1C#N. The van der Waals surface area contributed by atoms with Crippen LogP contribution in [0.4, 0.5) is 13.2 Å². The summed E-state index contributed by atoms with van der Waals surface area (Å²) in [5.41, 5.74) is 0.482. The van der Waals surface area contributed by atoms with Crippen LogP contribution in [0.25, 0.3) is 0 Å². The van der Waals surface area contributed by atoms with Gasteiger partial charge in [-0.3, -0.25) is 4.68 Å². The Bertz CT molecular complexity index is 345. The molecule has 0 saturated carbocycles. The monoisotopic (exact) mass is 189 g/mol. The molecule has 1 heterocycles. The van der Waals surface area contributed by atoms with Crippen molar-refractivity contribution in [3.8, 4) is 6.07 Å². The van der Waals surface area contributed by atoms with Crippen LogP contribution in [0.1, 0.15) is 11.3 Å². The van der Waals surface area contributed by atoms with E-state index in [2.05, 4.69) is 5.10 Å². The van der Waals surface area contributed by atoms with E-state index in [1.165, 1.54) is 6.20 Å². The van der Waals surface area contributed by atoms with Crippen molar-refractivity contribution in [2.24, 2.45) is 0 Å². The number of hydrogen-bond acceptors (Lipinski definition) is 2. The van der Waals surface area contributed by atoms with Crippen LogP contribution in [0.5, 0.6) is 0 Å². The molecule has 0 aromatic carbocycles. The first kappa shape index (κ1) is 9.58. The summed E-state index contributed by atoms with van der Waals surface area (Å²) in [7, 11) is 0. The Balaban J connectivity index is 2.87. The summed E-state index contributed by atoms with van der Waals surface area (Å²) in [4.78, 5) is 0. The fourth-order valence-electron chi connectivity index (χ4n) is 0.896. The maximum Gasteiger partial charge on any atom is 0.408 e. The molecule has 0 saturated heterocycles. The van der Waals surface area contributed by atoms with Crippen LogP contribution in [-0.4, -0.2) is 16.0 Å². The van der Waals surface area contributed by atoms with Crippen molar-refractivity contribution < 1.29 is 13.2 Å². The molecule has 0 spiro atoms. The quantitative estimate of drug-likeness (QED) is 0.673. The summed E-state index contributed by atoms with van der Waals surface area (Å²) >= 11 is 0. The van der Waals surface area contributed by atoms with Crippen LogP contribution in [-0.2, 0) is 6.54 Å². The normalized spacial score (nSPS) is 11.3. The molecule has 0 amide bonds. The molecule has 0 aliphatic carbocycles. The Labute approximate surface area is 72.4 Å². The Hall–Kier alpha value is -1.51. The molecule has 1 aromatic rings. The minimum atomic E-state index is -4.30. The number of hydrogen-bond donors (Lipinski definition) is 0. The van der Waals surface area contributed by atoms with E-state index >= 15 is 0 Å². The predicted octanol–water partition coefficient (Wildman–Crippen LogP) is 1.63. The molecule has 0 aliphatic heterocycles. The number of aromatic nitrogens is 2. The highest BCUT2D eigenvalue weighted by atomic mass is 19.4. The number of aryl methyl sites for hydroxylation is 1. The van der Waals surface area contributed by atoms with E-state index in [-0.39, 0.29) is 5.69 Å². The molecule has 70 valence electrons. The zero-order valence-electron chi connectivity index (χ0n) is 6.76. The highest BCUT2D eigenvalue weighted by molar-refractivity contribution is 5.27. The third kappa shape index (κ3) is 2.47. The standard InChI is InChI=1S/C7H6F3N3/c1-5-3-13(4-7(8,9)10)12-6(5)2-11/h3H,4H2,1H3. The van der Waals surface area contributed by atoms with E-state index in [1.807, 2.05) is 0 Å². The van der Waals surface area contributed by atoms with E-state index in [0.717, 1.165) is 0 Å². The Morgan fingerprint density at radius 1 is 1.62 bits per heavy atom. The molecule has 0 aliphatic rings. The zero-order valence-corrected chi connectivity index (χ0v) is 6.76. The van der Waals surface area contributed by atoms with Gasteiger partial charge in [0.05, 0.1) is 0 Å². The first-order valence-electron chi connectivity index (χ1n) is 3.43. The fourth-order valence-corrected chi connectivity index (χ4v) is 0.896. The first-order chi connectivity index (χ1) is 5.92. The van der Waals surface area contributed by atoms with Gasteiger partial charge in [0.15, 0.2) is 5.69 Å². The lowest BCUT2D eigenvalue weighted by atomic mass is 10.3. The van der Waals surface area contributed by atoms with Crippen LogP contribution in [0, 0.1) is 18.3 Å². The van der Waals surface area contributed by atoms with E-state index < -0.39 is 12.7 Å². The van der Waals surface area contributed by atoms with Crippen LogP contribution in [0.3, 0.4) is 0 Å². The van der Waals surface area contributed by atoms with Crippen molar-refractivity contribution >= 4 is 0 Å². The van der Waals surface area contributed by atoms with Crippen molar-refractivity contribution in [3.63, 3.8) is 0 Å². The summed E-state index contributed by atoms with van der Waals surface area (Å²) in [5.74, 6) is 0. The molecule has 3 nitrogen and oxygen atoms in total. The molecule has 0 N–H and O–H groups in total. The second-order valence-corrected chi connectivity index (χ2v) is 2.59. The van der Waals surface area contributed by atoms with Gasteiger partial charge in [0.2, 0.25) is 0 Å². The molecule has 1 aromatic heterocycles. The molecule has 0 radical (unpaired) electrons. The average molecular weight is 189 g/mol. The molecule has 0 unspecified atom stereocenters. The highest BCUT2D eigenvalue weighted by Gasteiger charge is 2.28. The maximum atomic E-state index is 11.8. The number of nitrogens with zero attached hydrogens (tertiary/aromatic N) is 3. The minimum Gasteiger partial charge on any atom is -0.262 e. The minimum absolute atomic E-state index is 0.0317. The third-order valence-electron chi connectivity index (χ3n) is 1.39. The molecule has 13 heavy (non-hydrogen) atoms. The molecular formula is C7H6F3N3. The Kier molecular flexibility index (Phi) is 2.28. The van der Waals surface area contributed by atoms with E-state index in [4.69, 9.17) is 5.26 Å². The van der Waals surface area contributed by atoms with Crippen molar-refractivity contribution in [3.05, 3.63) is 17.5 Å². The fraction of sp³-hybridized carbons (Fsp3) is 0.429. The van der Waals surface area contributed by atoms with Gasteiger partial charge in [-0.25, -0.2) is 0 Å². The zero-order chi connectivity index (χ0) is 10.1. The van der Waals surface area contributed by atoms with Gasteiger partial charge < -0.3 is 0 Å². The third-order valence-corrected chi connectivity index (χ3v) is 1.39. The van der Waals surface area contributed by atoms with Crippen LogP contribution in [0.15, 0.2) is 6.20 Å². The van der Waals surface area contributed by atoms with Gasteiger partial charge in [-0.1, -0.05) is 0 Å². The van der Waals surface area contributed by atoms with Crippen molar-refractivity contribution in [1.29, 1.82) is 5.26 Å². The number of alkyl halides is 3. The summed E-state index contributed by atoms with van der Waals surface area (Å²) in [6, 6.07) is 1.70. The second-order valence-electron chi connectivity index (χ2n) is 2.59. The van der Waals surface area contributed by atoms with E-state index in [9.17, 15) is 13.2 Å². The molecule has 0 atom stereocenters. The van der Waals surface area contributed by atoms with Gasteiger partial charge in [0.25, 0.3) is 0 Å². The Morgan fingerprint density at radius 2 is 2.23 bits per heavy atom. The van der Waals surface area contributed by atoms with Crippen LogP contribution in [0.2, 0.25) is 0 Å². The molecular weight excluding hydrogens is 183 g/mol. The lowest BCUT2D eigenvalue weighted by Crippen LogP contribution is -2.18. The van der Waals surface area contributed by atoms with E-state index in [0.29, 0.717) is 10.2 Å². The lowest BCUT2D eigenvalue weighted by Gasteiger charge is -2.04. The van der Waals surface area contributed by atoms with Gasteiger partial charge >= 0.3 is 6.18 Å². The summed E-state index contributed by atoms with van der Waals surface area (Å²) in [6.45, 7) is 0.383. The molecule has 6 heteroatoms. The van der Waals surface area contributed by atoms with Crippen molar-refractivity contribution in [1.82, 2.24) is 9.78 Å². The van der Waals surface area contributed by atoms with Gasteiger partial charge in [-0.05, 0) is 6.92 Å². The molecule has 1 rings (SSSR count). The molecule has 0 fully saturated rings. The second kappa shape index (κ2) is 3.09. The summed E-state index contributed by atoms with van der Waals surface area (Å²) < 4.78 is 36.2. The highest BCUT2D eigenvalue weighted by Crippen LogP contribution is 2.17. The van der Waals surface area contributed by atoms with Gasteiger partial charge in [-0.2, -0.15) is 23.5 Å². The smallest absolute Gasteiger partial charge is 0.262 e. The number of nitriles is 1. The maximum absolute atomic E-state index is 11.8. The number of halogens is 3. The summed E-state index contributed by atoms with van der Waals surface area (Å²) in [6.07, 6.45) is -3.10. The average Bonchev–Trinajstić information content (AvgIpc) is 2.26. The van der Waals surface area contributed by atoms with Gasteiger partial charge in [0.1, 0.15) is 12.6 Å². The van der Waals surface area contributed by atoms with Crippen LogP contribution >= 0.6 is 0 Å². The largest absolute Gasteiger partial charge is 0.408 e. The first-order valence-corrected chi connectivity index (χ1v) is 3.43. The number of rotatable bonds is 1. The molecule has 0 bridgehead atoms. The Morgan fingerprint density at radius 3 is 2.62 bits per heavy atom. The lowest BCUT2D eigenvalue weighted by molar-refractivity contribution is -0.142. The summed E-state index contributed by atoms with van der Waals surface area (Å²) in [5, 5.41) is 11.9.